The van der Waals surface area contributed by atoms with Gasteiger partial charge in [-0.25, -0.2) is 0 Å². The molecule has 104 valence electrons. The van der Waals surface area contributed by atoms with Crippen molar-refractivity contribution in [3.63, 3.8) is 0 Å². The van der Waals surface area contributed by atoms with Crippen LogP contribution in [-0.4, -0.2) is 47.9 Å². The monoisotopic (exact) mass is 282 g/mol. The van der Waals surface area contributed by atoms with E-state index in [0.29, 0.717) is 5.56 Å². The summed E-state index contributed by atoms with van der Waals surface area (Å²) >= 11 is 5.86. The largest absolute Gasteiger partial charge is 0.452 e. The maximum Gasteiger partial charge on any atom is 0.258 e. The first-order valence-corrected chi connectivity index (χ1v) is 7.40. The van der Waals surface area contributed by atoms with Crippen molar-refractivity contribution in [1.82, 2.24) is 9.80 Å². The molecular weight excluding hydrogens is 264 g/mol. The lowest BCUT2D eigenvalue weighted by Crippen LogP contribution is -2.51. The molecule has 19 heavy (non-hydrogen) atoms. The van der Waals surface area contributed by atoms with Crippen molar-refractivity contribution in [1.29, 1.82) is 0 Å². The van der Waals surface area contributed by atoms with E-state index in [1.807, 2.05) is 4.90 Å². The van der Waals surface area contributed by atoms with Gasteiger partial charge >= 0.3 is 0 Å². The second-order valence-corrected chi connectivity index (χ2v) is 5.72. The van der Waals surface area contributed by atoms with Crippen molar-refractivity contribution >= 4 is 17.5 Å². The topological polar surface area (TPSA) is 36.7 Å². The van der Waals surface area contributed by atoms with Gasteiger partial charge in [-0.05, 0) is 30.5 Å². The number of piperazine rings is 1. The van der Waals surface area contributed by atoms with Crippen LogP contribution < -0.4 is 0 Å². The highest BCUT2D eigenvalue weighted by Crippen LogP contribution is 2.25. The van der Waals surface area contributed by atoms with Crippen LogP contribution in [0.4, 0.5) is 0 Å². The molecule has 1 aromatic heterocycles. The van der Waals surface area contributed by atoms with E-state index in [9.17, 15) is 4.79 Å². The first-order valence-electron chi connectivity index (χ1n) is 7.02. The fraction of sp³-hybridized carbons (Fsp3) is 0.643. The molecule has 3 rings (SSSR count). The fourth-order valence-corrected chi connectivity index (χ4v) is 3.37. The van der Waals surface area contributed by atoms with Gasteiger partial charge in [-0.2, -0.15) is 0 Å². The highest BCUT2D eigenvalue weighted by molar-refractivity contribution is 6.32. The second-order valence-electron chi connectivity index (χ2n) is 5.37. The molecule has 1 aliphatic carbocycles. The number of hydrogen-bond donors (Lipinski definition) is 0. The Morgan fingerprint density at radius 2 is 1.89 bits per heavy atom. The van der Waals surface area contributed by atoms with Crippen molar-refractivity contribution < 1.29 is 9.21 Å². The molecule has 1 aromatic rings. The third-order valence-electron chi connectivity index (χ3n) is 4.29. The van der Waals surface area contributed by atoms with Gasteiger partial charge in [-0.1, -0.05) is 12.8 Å². The van der Waals surface area contributed by atoms with E-state index in [1.165, 1.54) is 31.9 Å². The summed E-state index contributed by atoms with van der Waals surface area (Å²) in [4.78, 5) is 16.7. The highest BCUT2D eigenvalue weighted by Gasteiger charge is 2.29. The summed E-state index contributed by atoms with van der Waals surface area (Å²) < 4.78 is 4.99. The van der Waals surface area contributed by atoms with Crippen molar-refractivity contribution in [3.8, 4) is 0 Å². The summed E-state index contributed by atoms with van der Waals surface area (Å²) in [7, 11) is 0. The van der Waals surface area contributed by atoms with Gasteiger partial charge < -0.3 is 9.32 Å². The van der Waals surface area contributed by atoms with Crippen molar-refractivity contribution in [3.05, 3.63) is 23.1 Å². The molecule has 0 aromatic carbocycles. The van der Waals surface area contributed by atoms with Crippen LogP contribution >= 0.6 is 11.6 Å². The number of carbonyl (C=O) groups is 1. The number of hydrogen-bond acceptors (Lipinski definition) is 3. The maximum atomic E-state index is 12.3. The molecule has 2 fully saturated rings. The molecule has 1 saturated carbocycles. The Hall–Kier alpha value is -1.00. The van der Waals surface area contributed by atoms with Gasteiger partial charge in [0.15, 0.2) is 0 Å². The van der Waals surface area contributed by atoms with Gasteiger partial charge in [0.2, 0.25) is 5.22 Å². The van der Waals surface area contributed by atoms with Gasteiger partial charge in [0.25, 0.3) is 5.91 Å². The molecule has 5 heteroatoms. The molecule has 0 spiro atoms. The summed E-state index contributed by atoms with van der Waals surface area (Å²) in [5.41, 5.74) is 0.482. The molecule has 1 amide bonds. The zero-order valence-corrected chi connectivity index (χ0v) is 11.7. The molecule has 2 heterocycles. The number of furan rings is 1. The third-order valence-corrected chi connectivity index (χ3v) is 4.58. The fourth-order valence-electron chi connectivity index (χ4n) is 3.18. The van der Waals surface area contributed by atoms with Crippen LogP contribution in [0, 0.1) is 0 Å². The summed E-state index contributed by atoms with van der Waals surface area (Å²) in [6.45, 7) is 3.53. The van der Waals surface area contributed by atoms with Crippen LogP contribution in [0.3, 0.4) is 0 Å². The number of halogens is 1. The van der Waals surface area contributed by atoms with Gasteiger partial charge in [0, 0.05) is 32.2 Å². The highest BCUT2D eigenvalue weighted by atomic mass is 35.5. The Morgan fingerprint density at radius 1 is 1.21 bits per heavy atom. The van der Waals surface area contributed by atoms with Gasteiger partial charge in [-0.3, -0.25) is 9.69 Å². The van der Waals surface area contributed by atoms with Crippen LogP contribution in [0.25, 0.3) is 0 Å². The Labute approximate surface area is 118 Å². The molecule has 0 N–H and O–H groups in total. The standard InChI is InChI=1S/C14H19ClN2O2/c15-13-12(5-10-19-13)14(18)17-8-6-16(7-9-17)11-3-1-2-4-11/h5,10-11H,1-4,6-9H2. The van der Waals surface area contributed by atoms with Gasteiger partial charge in [-0.15, -0.1) is 0 Å². The van der Waals surface area contributed by atoms with Crippen molar-refractivity contribution in [2.24, 2.45) is 0 Å². The van der Waals surface area contributed by atoms with E-state index < -0.39 is 0 Å². The predicted octanol–water partition coefficient (Wildman–Crippen LogP) is 2.63. The van der Waals surface area contributed by atoms with Crippen LogP contribution in [0.5, 0.6) is 0 Å². The SMILES string of the molecule is O=C(c1ccoc1Cl)N1CCN(C2CCCC2)CC1. The maximum absolute atomic E-state index is 12.3. The number of rotatable bonds is 2. The quantitative estimate of drug-likeness (QED) is 0.837. The minimum Gasteiger partial charge on any atom is -0.452 e. The first kappa shape index (κ1) is 13.0. The lowest BCUT2D eigenvalue weighted by atomic mass is 10.1. The molecule has 0 bridgehead atoms. The molecule has 0 radical (unpaired) electrons. The molecule has 0 atom stereocenters. The number of nitrogens with zero attached hydrogens (tertiary/aromatic N) is 2. The van der Waals surface area contributed by atoms with Crippen molar-refractivity contribution in [2.75, 3.05) is 26.2 Å². The predicted molar refractivity (Wildman–Crippen MR) is 73.5 cm³/mol. The normalized spacial score (nSPS) is 22.1. The minimum atomic E-state index is -0.00942. The third kappa shape index (κ3) is 2.65. The molecule has 1 saturated heterocycles. The van der Waals surface area contributed by atoms with E-state index in [0.717, 1.165) is 32.2 Å². The van der Waals surface area contributed by atoms with Gasteiger partial charge in [0.1, 0.15) is 0 Å². The Bertz CT molecular complexity index is 446. The number of carbonyl (C=O) groups excluding carboxylic acids is 1. The van der Waals surface area contributed by atoms with E-state index in [2.05, 4.69) is 4.90 Å². The Kier molecular flexibility index (Phi) is 3.80. The molecular formula is C14H19ClN2O2. The molecule has 2 aliphatic rings. The summed E-state index contributed by atoms with van der Waals surface area (Å²) in [5.74, 6) is -0.00942. The van der Waals surface area contributed by atoms with E-state index in [-0.39, 0.29) is 11.1 Å². The van der Waals surface area contributed by atoms with Crippen LogP contribution in [0.2, 0.25) is 5.22 Å². The molecule has 1 aliphatic heterocycles. The minimum absolute atomic E-state index is 0.00942. The average molecular weight is 283 g/mol. The molecule has 4 nitrogen and oxygen atoms in total. The number of amides is 1. The zero-order valence-electron chi connectivity index (χ0n) is 11.0. The Morgan fingerprint density at radius 3 is 2.47 bits per heavy atom. The van der Waals surface area contributed by atoms with Crippen LogP contribution in [0.1, 0.15) is 36.0 Å². The first-order chi connectivity index (χ1) is 9.25. The Balaban J connectivity index is 1.58. The lowest BCUT2D eigenvalue weighted by molar-refractivity contribution is 0.0573. The lowest BCUT2D eigenvalue weighted by Gasteiger charge is -2.37. The second kappa shape index (κ2) is 5.55. The summed E-state index contributed by atoms with van der Waals surface area (Å²) in [6.07, 6.45) is 6.82. The van der Waals surface area contributed by atoms with E-state index in [4.69, 9.17) is 16.0 Å². The van der Waals surface area contributed by atoms with Crippen molar-refractivity contribution in [2.45, 2.75) is 31.7 Å². The average Bonchev–Trinajstić information content (AvgIpc) is 3.09. The van der Waals surface area contributed by atoms with Crippen LogP contribution in [0.15, 0.2) is 16.7 Å². The van der Waals surface area contributed by atoms with Gasteiger partial charge in [0.05, 0.1) is 11.8 Å². The summed E-state index contributed by atoms with van der Waals surface area (Å²) in [6, 6.07) is 2.39. The van der Waals surface area contributed by atoms with E-state index in [1.54, 1.807) is 6.07 Å². The molecule has 0 unspecified atom stereocenters. The zero-order chi connectivity index (χ0) is 13.2. The smallest absolute Gasteiger partial charge is 0.258 e. The van der Waals surface area contributed by atoms with Crippen LogP contribution in [-0.2, 0) is 0 Å². The summed E-state index contributed by atoms with van der Waals surface area (Å²) in [5, 5.41) is 0.197. The van der Waals surface area contributed by atoms with E-state index >= 15 is 0 Å².